The van der Waals surface area contributed by atoms with E-state index in [0.29, 0.717) is 6.42 Å². The number of hydrogen-bond acceptors (Lipinski definition) is 2. The Balaban J connectivity index is 2.12. The number of hydrogen-bond donors (Lipinski definition) is 1. The van der Waals surface area contributed by atoms with Gasteiger partial charge in [-0.05, 0) is 49.9 Å². The Morgan fingerprint density at radius 2 is 1.84 bits per heavy atom. The van der Waals surface area contributed by atoms with Crippen LogP contribution in [0.1, 0.15) is 49.4 Å². The fraction of sp³-hybridized carbons (Fsp3) is 0.381. The summed E-state index contributed by atoms with van der Waals surface area (Å²) in [6.07, 6.45) is 0.506. The number of ether oxygens (including phenoxy) is 1. The van der Waals surface area contributed by atoms with Gasteiger partial charge in [0.25, 0.3) is 5.91 Å². The summed E-state index contributed by atoms with van der Waals surface area (Å²) in [5, 5.41) is 3.05. The smallest absolute Gasteiger partial charge is 0.261 e. The molecule has 0 saturated heterocycles. The first-order valence-electron chi connectivity index (χ1n) is 8.75. The molecule has 2 aromatic carbocycles. The molecule has 2 atom stereocenters. The number of carbonyl (C=O) groups excluding carboxylic acids is 1. The number of rotatable bonds is 7. The molecule has 4 heteroatoms. The van der Waals surface area contributed by atoms with Gasteiger partial charge in [-0.15, -0.1) is 0 Å². The fourth-order valence-corrected chi connectivity index (χ4v) is 2.90. The first-order chi connectivity index (χ1) is 12.0. The van der Waals surface area contributed by atoms with E-state index in [2.05, 4.69) is 17.4 Å². The summed E-state index contributed by atoms with van der Waals surface area (Å²) in [4.78, 5) is 12.7. The van der Waals surface area contributed by atoms with Crippen LogP contribution in [-0.2, 0) is 4.79 Å². The van der Waals surface area contributed by atoms with E-state index < -0.39 is 11.9 Å². The largest absolute Gasteiger partial charge is 0.478 e. The SMILES string of the molecule is CC[C@H](Oc1ccccc1F)C(=O)N[C@H](CC)c1ccc(C)cc1C. The van der Waals surface area contributed by atoms with E-state index in [9.17, 15) is 9.18 Å². The lowest BCUT2D eigenvalue weighted by Gasteiger charge is -2.24. The molecule has 0 aromatic heterocycles. The van der Waals surface area contributed by atoms with Gasteiger partial charge in [0.05, 0.1) is 6.04 Å². The van der Waals surface area contributed by atoms with Crippen LogP contribution < -0.4 is 10.1 Å². The van der Waals surface area contributed by atoms with Gasteiger partial charge in [0.15, 0.2) is 17.7 Å². The second-order valence-electron chi connectivity index (χ2n) is 6.27. The average Bonchev–Trinajstić information content (AvgIpc) is 2.59. The zero-order valence-electron chi connectivity index (χ0n) is 15.3. The van der Waals surface area contributed by atoms with Crippen LogP contribution in [0, 0.1) is 19.7 Å². The molecule has 0 bridgehead atoms. The van der Waals surface area contributed by atoms with E-state index in [1.807, 2.05) is 33.8 Å². The van der Waals surface area contributed by atoms with Crippen molar-refractivity contribution in [2.24, 2.45) is 0 Å². The summed E-state index contributed by atoms with van der Waals surface area (Å²) in [6.45, 7) is 7.97. The van der Waals surface area contributed by atoms with Crippen molar-refractivity contribution in [2.75, 3.05) is 0 Å². The fourth-order valence-electron chi connectivity index (χ4n) is 2.90. The van der Waals surface area contributed by atoms with Crippen molar-refractivity contribution in [3.05, 3.63) is 65.0 Å². The van der Waals surface area contributed by atoms with E-state index in [1.165, 1.54) is 17.7 Å². The molecule has 0 aliphatic heterocycles. The molecule has 2 rings (SSSR count). The van der Waals surface area contributed by atoms with Crippen LogP contribution in [0.2, 0.25) is 0 Å². The van der Waals surface area contributed by atoms with E-state index in [1.54, 1.807) is 12.1 Å². The van der Waals surface area contributed by atoms with Gasteiger partial charge < -0.3 is 10.1 Å². The lowest BCUT2D eigenvalue weighted by molar-refractivity contribution is -0.129. The number of amides is 1. The number of carbonyl (C=O) groups is 1. The van der Waals surface area contributed by atoms with Crippen molar-refractivity contribution in [3.8, 4) is 5.75 Å². The van der Waals surface area contributed by atoms with Crippen LogP contribution in [0.3, 0.4) is 0 Å². The molecule has 0 radical (unpaired) electrons. The molecule has 1 amide bonds. The van der Waals surface area contributed by atoms with Crippen molar-refractivity contribution < 1.29 is 13.9 Å². The minimum Gasteiger partial charge on any atom is -0.478 e. The maximum absolute atomic E-state index is 13.8. The number of para-hydroxylation sites is 1. The molecular formula is C21H26FNO2. The summed E-state index contributed by atoms with van der Waals surface area (Å²) in [5.74, 6) is -0.586. The van der Waals surface area contributed by atoms with Crippen LogP contribution >= 0.6 is 0 Å². The summed E-state index contributed by atoms with van der Waals surface area (Å²) < 4.78 is 19.4. The molecule has 0 unspecified atom stereocenters. The van der Waals surface area contributed by atoms with Crippen LogP contribution in [0.5, 0.6) is 5.75 Å². The van der Waals surface area contributed by atoms with Gasteiger partial charge in [-0.1, -0.05) is 49.7 Å². The zero-order chi connectivity index (χ0) is 18.4. The van der Waals surface area contributed by atoms with Gasteiger partial charge in [-0.25, -0.2) is 4.39 Å². The normalized spacial score (nSPS) is 13.2. The summed E-state index contributed by atoms with van der Waals surface area (Å²) in [6, 6.07) is 12.3. The number of nitrogens with one attached hydrogen (secondary N) is 1. The highest BCUT2D eigenvalue weighted by Crippen LogP contribution is 2.23. The Morgan fingerprint density at radius 3 is 2.44 bits per heavy atom. The molecule has 0 spiro atoms. The van der Waals surface area contributed by atoms with Gasteiger partial charge in [0, 0.05) is 0 Å². The molecule has 0 aliphatic rings. The molecule has 3 nitrogen and oxygen atoms in total. The molecular weight excluding hydrogens is 317 g/mol. The lowest BCUT2D eigenvalue weighted by atomic mass is 9.97. The van der Waals surface area contributed by atoms with Gasteiger partial charge in [0.2, 0.25) is 0 Å². The van der Waals surface area contributed by atoms with Gasteiger partial charge >= 0.3 is 0 Å². The van der Waals surface area contributed by atoms with Gasteiger partial charge in [-0.3, -0.25) is 4.79 Å². The molecule has 0 saturated carbocycles. The van der Waals surface area contributed by atoms with Crippen LogP contribution in [0.25, 0.3) is 0 Å². The van der Waals surface area contributed by atoms with Gasteiger partial charge in [-0.2, -0.15) is 0 Å². The third-order valence-corrected chi connectivity index (χ3v) is 4.29. The summed E-state index contributed by atoms with van der Waals surface area (Å²) in [7, 11) is 0. The quantitative estimate of drug-likeness (QED) is 0.779. The third kappa shape index (κ3) is 4.81. The second-order valence-corrected chi connectivity index (χ2v) is 6.27. The molecule has 0 heterocycles. The van der Waals surface area contributed by atoms with Crippen LogP contribution in [0.15, 0.2) is 42.5 Å². The molecule has 1 N–H and O–H groups in total. The van der Waals surface area contributed by atoms with E-state index in [0.717, 1.165) is 17.5 Å². The maximum atomic E-state index is 13.8. The predicted octanol–water partition coefficient (Wildman–Crippen LogP) is 4.87. The topological polar surface area (TPSA) is 38.3 Å². The minimum absolute atomic E-state index is 0.0913. The van der Waals surface area contributed by atoms with E-state index >= 15 is 0 Å². The van der Waals surface area contributed by atoms with Crippen LogP contribution in [-0.4, -0.2) is 12.0 Å². The zero-order valence-corrected chi connectivity index (χ0v) is 15.3. The highest BCUT2D eigenvalue weighted by atomic mass is 19.1. The van der Waals surface area contributed by atoms with Crippen molar-refractivity contribution in [1.82, 2.24) is 5.32 Å². The first kappa shape index (κ1) is 19.0. The van der Waals surface area contributed by atoms with E-state index in [-0.39, 0.29) is 17.7 Å². The van der Waals surface area contributed by atoms with Crippen molar-refractivity contribution in [2.45, 2.75) is 52.7 Å². The van der Waals surface area contributed by atoms with Gasteiger partial charge in [0.1, 0.15) is 0 Å². The van der Waals surface area contributed by atoms with Crippen molar-refractivity contribution in [3.63, 3.8) is 0 Å². The Morgan fingerprint density at radius 1 is 1.12 bits per heavy atom. The summed E-state index contributed by atoms with van der Waals surface area (Å²) >= 11 is 0. The Labute approximate surface area is 149 Å². The maximum Gasteiger partial charge on any atom is 0.261 e. The number of benzene rings is 2. The first-order valence-corrected chi connectivity index (χ1v) is 8.75. The molecule has 25 heavy (non-hydrogen) atoms. The van der Waals surface area contributed by atoms with E-state index in [4.69, 9.17) is 4.74 Å². The minimum atomic E-state index is -0.725. The predicted molar refractivity (Wildman–Crippen MR) is 98.2 cm³/mol. The van der Waals surface area contributed by atoms with Crippen LogP contribution in [0.4, 0.5) is 4.39 Å². The Kier molecular flexibility index (Phi) is 6.57. The average molecular weight is 343 g/mol. The molecule has 0 aliphatic carbocycles. The standard InChI is InChI=1S/C21H26FNO2/c1-5-18(16-12-11-14(3)13-15(16)4)23-21(24)19(6-2)25-20-10-8-7-9-17(20)22/h7-13,18-19H,5-6H2,1-4H3,(H,23,24)/t18-,19+/m1/s1. The molecule has 2 aromatic rings. The molecule has 0 fully saturated rings. The van der Waals surface area contributed by atoms with Crippen molar-refractivity contribution >= 4 is 5.91 Å². The number of aryl methyl sites for hydroxylation is 2. The second kappa shape index (κ2) is 8.65. The van der Waals surface area contributed by atoms with Crippen molar-refractivity contribution in [1.29, 1.82) is 0 Å². The lowest BCUT2D eigenvalue weighted by Crippen LogP contribution is -2.40. The molecule has 134 valence electrons. The highest BCUT2D eigenvalue weighted by molar-refractivity contribution is 5.81. The summed E-state index contributed by atoms with van der Waals surface area (Å²) in [5.41, 5.74) is 3.44. The Hall–Kier alpha value is -2.36. The highest BCUT2D eigenvalue weighted by Gasteiger charge is 2.23. The number of halogens is 1. The Bertz CT molecular complexity index is 730. The third-order valence-electron chi connectivity index (χ3n) is 4.29. The monoisotopic (exact) mass is 343 g/mol.